The van der Waals surface area contributed by atoms with Crippen LogP contribution in [0.1, 0.15) is 24.1 Å². The van der Waals surface area contributed by atoms with Crippen LogP contribution in [0.15, 0.2) is 63.5 Å². The first-order chi connectivity index (χ1) is 15.6. The second-order valence-corrected chi connectivity index (χ2v) is 7.69. The minimum atomic E-state index is -4.52. The van der Waals surface area contributed by atoms with E-state index in [0.717, 1.165) is 22.4 Å². The lowest BCUT2D eigenvalue weighted by atomic mass is 9.99. The average molecular weight is 456 g/mol. The summed E-state index contributed by atoms with van der Waals surface area (Å²) in [5, 5.41) is 7.08. The summed E-state index contributed by atoms with van der Waals surface area (Å²) in [5.41, 5.74) is -1.65. The largest absolute Gasteiger partial charge is 0.458 e. The van der Waals surface area contributed by atoms with Gasteiger partial charge in [0.05, 0.1) is 5.56 Å². The lowest BCUT2D eigenvalue weighted by Gasteiger charge is -2.18. The van der Waals surface area contributed by atoms with Crippen LogP contribution < -0.4 is 5.32 Å². The number of halogens is 3. The molecule has 33 heavy (non-hydrogen) atoms. The van der Waals surface area contributed by atoms with Crippen molar-refractivity contribution in [2.24, 2.45) is 0 Å². The van der Waals surface area contributed by atoms with Gasteiger partial charge in [-0.3, -0.25) is 9.69 Å². The maximum Gasteiger partial charge on any atom is 0.416 e. The summed E-state index contributed by atoms with van der Waals surface area (Å²) in [5.74, 6) is -0.534. The number of nitrogens with zero attached hydrogens (tertiary/aromatic N) is 3. The van der Waals surface area contributed by atoms with Crippen LogP contribution >= 0.6 is 0 Å². The van der Waals surface area contributed by atoms with E-state index in [-0.39, 0.29) is 29.6 Å². The Bertz CT molecular complexity index is 1360. The van der Waals surface area contributed by atoms with E-state index in [1.54, 1.807) is 18.2 Å². The van der Waals surface area contributed by atoms with Gasteiger partial charge in [0, 0.05) is 10.9 Å². The minimum absolute atomic E-state index is 0.0872. The number of aromatic nitrogens is 2. The Morgan fingerprint density at radius 1 is 1.09 bits per heavy atom. The highest BCUT2D eigenvalue weighted by Crippen LogP contribution is 2.34. The first-order valence-corrected chi connectivity index (χ1v) is 9.78. The number of alkyl halides is 3. The number of fused-ring (bicyclic) bond motifs is 1. The Balaban J connectivity index is 1.39. The first-order valence-electron chi connectivity index (χ1n) is 9.78. The molecule has 4 aromatic rings. The molecule has 1 N–H and O–H groups in total. The van der Waals surface area contributed by atoms with Gasteiger partial charge in [-0.2, -0.15) is 18.2 Å². The van der Waals surface area contributed by atoms with Crippen LogP contribution in [-0.4, -0.2) is 27.0 Å². The van der Waals surface area contributed by atoms with Gasteiger partial charge < -0.3 is 14.3 Å². The minimum Gasteiger partial charge on any atom is -0.458 e. The zero-order valence-corrected chi connectivity index (χ0v) is 17.0. The molecule has 0 saturated carbocycles. The number of hydrogen-bond donors (Lipinski definition) is 1. The molecule has 3 amide bonds. The number of furan rings is 1. The maximum atomic E-state index is 13.1. The Hall–Kier alpha value is -4.15. The zero-order valence-electron chi connectivity index (χ0n) is 17.0. The smallest absolute Gasteiger partial charge is 0.416 e. The molecule has 2 aromatic carbocycles. The fourth-order valence-corrected chi connectivity index (χ4v) is 3.64. The number of benzene rings is 2. The van der Waals surface area contributed by atoms with Crippen molar-refractivity contribution in [3.63, 3.8) is 0 Å². The molecule has 8 nitrogen and oxygen atoms in total. The molecule has 0 radical (unpaired) electrons. The van der Waals surface area contributed by atoms with E-state index in [0.29, 0.717) is 5.58 Å². The van der Waals surface area contributed by atoms with Gasteiger partial charge in [-0.1, -0.05) is 35.5 Å². The number of para-hydroxylation sites is 1. The predicted octanol–water partition coefficient (Wildman–Crippen LogP) is 4.47. The summed E-state index contributed by atoms with van der Waals surface area (Å²) in [4.78, 5) is 30.6. The van der Waals surface area contributed by atoms with E-state index in [2.05, 4.69) is 15.5 Å². The molecule has 1 unspecified atom stereocenters. The predicted molar refractivity (Wildman–Crippen MR) is 107 cm³/mol. The monoisotopic (exact) mass is 456 g/mol. The van der Waals surface area contributed by atoms with Crippen LogP contribution in [-0.2, 0) is 23.1 Å². The van der Waals surface area contributed by atoms with Crippen LogP contribution in [0.5, 0.6) is 0 Å². The van der Waals surface area contributed by atoms with Crippen molar-refractivity contribution in [1.29, 1.82) is 0 Å². The summed E-state index contributed by atoms with van der Waals surface area (Å²) in [7, 11) is 0. The van der Waals surface area contributed by atoms with Crippen molar-refractivity contribution in [2.45, 2.75) is 25.2 Å². The topological polar surface area (TPSA) is 101 Å². The maximum absolute atomic E-state index is 13.1. The molecule has 2 aromatic heterocycles. The second kappa shape index (κ2) is 7.19. The van der Waals surface area contributed by atoms with Gasteiger partial charge >= 0.3 is 12.2 Å². The van der Waals surface area contributed by atoms with E-state index < -0.39 is 29.2 Å². The molecule has 3 heterocycles. The standard InChI is InChI=1S/C22H15F3N4O4/c1-21(16-10-12-5-2-3-8-15(12)32-16)19(30)29(20(31)27-21)11-17-26-18(28-33-17)13-6-4-7-14(9-13)22(23,24)25/h2-10H,11H2,1H3,(H,27,31). The highest BCUT2D eigenvalue weighted by atomic mass is 19.4. The molecule has 0 spiro atoms. The Morgan fingerprint density at radius 2 is 1.88 bits per heavy atom. The summed E-state index contributed by atoms with van der Waals surface area (Å²) >= 11 is 0. The van der Waals surface area contributed by atoms with Crippen molar-refractivity contribution < 1.29 is 31.7 Å². The number of carbonyl (C=O) groups excluding carboxylic acids is 2. The van der Waals surface area contributed by atoms with Crippen LogP contribution in [0, 0.1) is 0 Å². The molecular formula is C22H15F3N4O4. The molecule has 168 valence electrons. The highest BCUT2D eigenvalue weighted by Gasteiger charge is 2.51. The van der Waals surface area contributed by atoms with Crippen LogP contribution in [0.3, 0.4) is 0 Å². The van der Waals surface area contributed by atoms with Crippen molar-refractivity contribution in [2.75, 3.05) is 0 Å². The van der Waals surface area contributed by atoms with Gasteiger partial charge in [-0.15, -0.1) is 0 Å². The average Bonchev–Trinajstić information content (AvgIpc) is 3.48. The van der Waals surface area contributed by atoms with Crippen molar-refractivity contribution in [3.8, 4) is 11.4 Å². The van der Waals surface area contributed by atoms with Gasteiger partial charge in [0.2, 0.25) is 11.7 Å². The Morgan fingerprint density at radius 3 is 2.64 bits per heavy atom. The molecule has 1 saturated heterocycles. The van der Waals surface area contributed by atoms with Gasteiger partial charge in [0.25, 0.3) is 5.91 Å². The number of hydrogen-bond acceptors (Lipinski definition) is 6. The quantitative estimate of drug-likeness (QED) is 0.455. The SMILES string of the molecule is CC1(c2cc3ccccc3o2)NC(=O)N(Cc2nc(-c3cccc(C(F)(F)F)c3)no2)C1=O. The highest BCUT2D eigenvalue weighted by molar-refractivity contribution is 6.07. The molecule has 1 aliphatic rings. The normalized spacial score (nSPS) is 18.8. The molecule has 5 rings (SSSR count). The third-order valence-electron chi connectivity index (χ3n) is 5.40. The molecule has 1 atom stereocenters. The van der Waals surface area contributed by atoms with Gasteiger partial charge in [0.1, 0.15) is 17.9 Å². The molecule has 0 aliphatic carbocycles. The molecule has 11 heteroatoms. The number of nitrogens with one attached hydrogen (secondary N) is 1. The third kappa shape index (κ3) is 3.51. The van der Waals surface area contributed by atoms with E-state index in [1.807, 2.05) is 12.1 Å². The van der Waals surface area contributed by atoms with Crippen molar-refractivity contribution >= 4 is 22.9 Å². The van der Waals surface area contributed by atoms with Gasteiger partial charge in [-0.25, -0.2) is 4.79 Å². The zero-order chi connectivity index (χ0) is 23.4. The van der Waals surface area contributed by atoms with Crippen LogP contribution in [0.2, 0.25) is 0 Å². The van der Waals surface area contributed by atoms with E-state index in [1.165, 1.54) is 19.1 Å². The lowest BCUT2D eigenvalue weighted by Crippen LogP contribution is -2.40. The number of urea groups is 1. The Kier molecular flexibility index (Phi) is 4.52. The Labute approximate surface area is 184 Å². The van der Waals surface area contributed by atoms with Crippen molar-refractivity contribution in [1.82, 2.24) is 20.4 Å². The summed E-state index contributed by atoms with van der Waals surface area (Å²) in [6.45, 7) is 1.17. The van der Waals surface area contributed by atoms with Crippen LogP contribution in [0.25, 0.3) is 22.4 Å². The van der Waals surface area contributed by atoms with Crippen molar-refractivity contribution in [3.05, 3.63) is 71.8 Å². The summed E-state index contributed by atoms with van der Waals surface area (Å²) < 4.78 is 49.7. The van der Waals surface area contributed by atoms with Gasteiger partial charge in [0.15, 0.2) is 5.54 Å². The fourth-order valence-electron chi connectivity index (χ4n) is 3.64. The number of amides is 3. The second-order valence-electron chi connectivity index (χ2n) is 7.69. The summed E-state index contributed by atoms with van der Waals surface area (Å²) in [6, 6.07) is 12.6. The molecule has 1 aliphatic heterocycles. The molecular weight excluding hydrogens is 441 g/mol. The van der Waals surface area contributed by atoms with Gasteiger partial charge in [-0.05, 0) is 31.2 Å². The third-order valence-corrected chi connectivity index (χ3v) is 5.40. The van der Waals surface area contributed by atoms with E-state index in [9.17, 15) is 22.8 Å². The lowest BCUT2D eigenvalue weighted by molar-refractivity contribution is -0.137. The molecule has 1 fully saturated rings. The molecule has 0 bridgehead atoms. The number of carbonyl (C=O) groups is 2. The number of imide groups is 1. The summed E-state index contributed by atoms with van der Waals surface area (Å²) in [6.07, 6.45) is -4.52. The van der Waals surface area contributed by atoms with E-state index in [4.69, 9.17) is 8.94 Å². The van der Waals surface area contributed by atoms with E-state index >= 15 is 0 Å². The van der Waals surface area contributed by atoms with Crippen LogP contribution in [0.4, 0.5) is 18.0 Å². The fraction of sp³-hybridized carbons (Fsp3) is 0.182. The number of rotatable bonds is 4. The first kappa shape index (κ1) is 20.7.